The summed E-state index contributed by atoms with van der Waals surface area (Å²) in [5.74, 6) is -0.788. The van der Waals surface area contributed by atoms with Crippen LogP contribution in [-0.2, 0) is 7.05 Å². The summed E-state index contributed by atoms with van der Waals surface area (Å²) in [6.07, 6.45) is 0.625. The average Bonchev–Trinajstić information content (AvgIpc) is 3.30. The van der Waals surface area contributed by atoms with Crippen LogP contribution in [0.25, 0.3) is 10.6 Å². The van der Waals surface area contributed by atoms with Crippen molar-refractivity contribution < 1.29 is 9.18 Å². The van der Waals surface area contributed by atoms with E-state index in [4.69, 9.17) is 11.6 Å². The van der Waals surface area contributed by atoms with E-state index in [-0.39, 0.29) is 29.2 Å². The van der Waals surface area contributed by atoms with Crippen LogP contribution in [0, 0.1) is 26.6 Å². The minimum absolute atomic E-state index is 0.146. The Labute approximate surface area is 181 Å². The number of thiazole rings is 1. The SMILES string of the molecule is Cc1nc(-c2c(C)c(C)nn(C)c2=O)sc1C(=O)N[C@@H]1C[C@H]1c1c(F)cccc1Cl. The monoisotopic (exact) mass is 446 g/mol. The number of aromatic nitrogens is 3. The molecule has 6 nitrogen and oxygen atoms in total. The van der Waals surface area contributed by atoms with Crippen molar-refractivity contribution in [1.29, 1.82) is 0 Å². The lowest BCUT2D eigenvalue weighted by Gasteiger charge is -2.07. The van der Waals surface area contributed by atoms with Gasteiger partial charge in [0.05, 0.1) is 17.0 Å². The number of carbonyl (C=O) groups is 1. The molecule has 0 aliphatic heterocycles. The van der Waals surface area contributed by atoms with Gasteiger partial charge in [0.2, 0.25) is 0 Å². The molecule has 0 unspecified atom stereocenters. The summed E-state index contributed by atoms with van der Waals surface area (Å²) < 4.78 is 15.4. The van der Waals surface area contributed by atoms with E-state index >= 15 is 0 Å². The van der Waals surface area contributed by atoms with Gasteiger partial charge in [-0.25, -0.2) is 14.1 Å². The molecular weight excluding hydrogens is 427 g/mol. The second-order valence-corrected chi connectivity index (χ2v) is 8.91. The van der Waals surface area contributed by atoms with E-state index in [2.05, 4.69) is 15.4 Å². The fraction of sp³-hybridized carbons (Fsp3) is 0.333. The molecule has 1 N–H and O–H groups in total. The van der Waals surface area contributed by atoms with Crippen LogP contribution in [0.15, 0.2) is 23.0 Å². The van der Waals surface area contributed by atoms with Gasteiger partial charge in [0.1, 0.15) is 15.7 Å². The maximum atomic E-state index is 14.1. The van der Waals surface area contributed by atoms with Crippen LogP contribution < -0.4 is 10.9 Å². The van der Waals surface area contributed by atoms with Gasteiger partial charge in [-0.1, -0.05) is 17.7 Å². The third-order valence-corrected chi connectivity index (χ3v) is 6.92. The minimum atomic E-state index is -0.361. The number of amides is 1. The number of halogens is 2. The number of aryl methyl sites for hydroxylation is 3. The Morgan fingerprint density at radius 3 is 2.73 bits per heavy atom. The molecule has 30 heavy (non-hydrogen) atoms. The number of hydrogen-bond donors (Lipinski definition) is 1. The van der Waals surface area contributed by atoms with Crippen molar-refractivity contribution in [2.24, 2.45) is 7.05 Å². The first-order valence-electron chi connectivity index (χ1n) is 9.46. The van der Waals surface area contributed by atoms with Crippen LogP contribution in [0.2, 0.25) is 5.02 Å². The first kappa shape index (κ1) is 20.7. The fourth-order valence-corrected chi connectivity index (χ4v) is 4.95. The van der Waals surface area contributed by atoms with Crippen molar-refractivity contribution in [2.45, 2.75) is 39.2 Å². The van der Waals surface area contributed by atoms with E-state index in [9.17, 15) is 14.0 Å². The zero-order valence-corrected chi connectivity index (χ0v) is 18.5. The van der Waals surface area contributed by atoms with Crippen molar-refractivity contribution in [3.63, 3.8) is 0 Å². The number of benzene rings is 1. The maximum absolute atomic E-state index is 14.1. The molecule has 2 atom stereocenters. The third-order valence-electron chi connectivity index (χ3n) is 5.42. The highest BCUT2D eigenvalue weighted by atomic mass is 35.5. The molecule has 1 amide bonds. The number of carbonyl (C=O) groups excluding carboxylic acids is 1. The summed E-state index contributed by atoms with van der Waals surface area (Å²) >= 11 is 7.31. The lowest BCUT2D eigenvalue weighted by molar-refractivity contribution is 0.0953. The molecule has 9 heteroatoms. The molecule has 0 spiro atoms. The lowest BCUT2D eigenvalue weighted by atomic mass is 10.1. The van der Waals surface area contributed by atoms with Gasteiger partial charge in [-0.15, -0.1) is 11.3 Å². The highest BCUT2D eigenvalue weighted by molar-refractivity contribution is 7.17. The summed E-state index contributed by atoms with van der Waals surface area (Å²) in [5, 5.41) is 7.98. The second-order valence-electron chi connectivity index (χ2n) is 7.51. The molecule has 1 saturated carbocycles. The highest BCUT2D eigenvalue weighted by Gasteiger charge is 2.42. The van der Waals surface area contributed by atoms with Crippen LogP contribution >= 0.6 is 22.9 Å². The zero-order valence-electron chi connectivity index (χ0n) is 16.9. The van der Waals surface area contributed by atoms with Gasteiger partial charge in [0, 0.05) is 29.6 Å². The fourth-order valence-electron chi connectivity index (χ4n) is 3.59. The van der Waals surface area contributed by atoms with Crippen LogP contribution in [-0.4, -0.2) is 26.7 Å². The maximum Gasteiger partial charge on any atom is 0.277 e. The van der Waals surface area contributed by atoms with E-state index in [1.54, 1.807) is 26.1 Å². The van der Waals surface area contributed by atoms with Crippen LogP contribution in [0.3, 0.4) is 0 Å². The number of nitrogens with zero attached hydrogens (tertiary/aromatic N) is 3. The minimum Gasteiger partial charge on any atom is -0.348 e. The molecule has 1 aliphatic rings. The van der Waals surface area contributed by atoms with E-state index in [0.717, 1.165) is 11.3 Å². The van der Waals surface area contributed by atoms with Crippen molar-refractivity contribution in [1.82, 2.24) is 20.1 Å². The molecule has 3 aromatic rings. The molecule has 2 aromatic heterocycles. The highest BCUT2D eigenvalue weighted by Crippen LogP contribution is 2.45. The smallest absolute Gasteiger partial charge is 0.277 e. The number of rotatable bonds is 4. The van der Waals surface area contributed by atoms with Gasteiger partial charge >= 0.3 is 0 Å². The van der Waals surface area contributed by atoms with Crippen molar-refractivity contribution in [3.05, 3.63) is 66.8 Å². The normalized spacial score (nSPS) is 17.8. The predicted molar refractivity (Wildman–Crippen MR) is 115 cm³/mol. The van der Waals surface area contributed by atoms with Gasteiger partial charge in [-0.05, 0) is 44.9 Å². The first-order valence-corrected chi connectivity index (χ1v) is 10.7. The predicted octanol–water partition coefficient (Wildman–Crippen LogP) is 3.91. The Hall–Kier alpha value is -2.58. The molecular formula is C21H20ClFN4O2S. The van der Waals surface area contributed by atoms with Gasteiger partial charge in [0.25, 0.3) is 11.5 Å². The molecule has 1 fully saturated rings. The van der Waals surface area contributed by atoms with Crippen molar-refractivity contribution in [3.8, 4) is 10.6 Å². The Bertz CT molecular complexity index is 1220. The van der Waals surface area contributed by atoms with Gasteiger partial charge < -0.3 is 5.32 Å². The molecule has 1 aromatic carbocycles. The molecule has 0 bridgehead atoms. The van der Waals surface area contributed by atoms with Gasteiger partial charge in [-0.2, -0.15) is 5.10 Å². The van der Waals surface area contributed by atoms with Crippen LogP contribution in [0.1, 0.15) is 44.5 Å². The molecule has 0 radical (unpaired) electrons. The van der Waals surface area contributed by atoms with E-state index in [0.29, 0.717) is 38.1 Å². The lowest BCUT2D eigenvalue weighted by Crippen LogP contribution is -2.26. The van der Waals surface area contributed by atoms with E-state index in [1.165, 1.54) is 22.1 Å². The Morgan fingerprint density at radius 1 is 1.30 bits per heavy atom. The summed E-state index contributed by atoms with van der Waals surface area (Å²) in [6, 6.07) is 4.40. The standard InChI is InChI=1S/C21H20ClFN4O2S/c1-9-10(2)26-27(4)21(29)16(9)20-24-11(3)18(30-20)19(28)25-15-8-12(15)17-13(22)6-5-7-14(17)23/h5-7,12,15H,8H2,1-4H3,(H,25,28)/t12-,15-/m1/s1. The third kappa shape index (κ3) is 3.54. The van der Waals surface area contributed by atoms with Crippen LogP contribution in [0.4, 0.5) is 4.39 Å². The Balaban J connectivity index is 1.58. The van der Waals surface area contributed by atoms with Crippen molar-refractivity contribution >= 4 is 28.8 Å². The Kier molecular flexibility index (Phi) is 5.23. The van der Waals surface area contributed by atoms with Gasteiger partial charge in [-0.3, -0.25) is 9.59 Å². The molecule has 1 aliphatic carbocycles. The van der Waals surface area contributed by atoms with Crippen LogP contribution in [0.5, 0.6) is 0 Å². The van der Waals surface area contributed by atoms with Crippen molar-refractivity contribution in [2.75, 3.05) is 0 Å². The molecule has 0 saturated heterocycles. The first-order chi connectivity index (χ1) is 14.2. The summed E-state index contributed by atoms with van der Waals surface area (Å²) in [7, 11) is 1.59. The topological polar surface area (TPSA) is 76.9 Å². The Morgan fingerprint density at radius 2 is 2.03 bits per heavy atom. The quantitative estimate of drug-likeness (QED) is 0.659. The van der Waals surface area contributed by atoms with E-state index < -0.39 is 0 Å². The summed E-state index contributed by atoms with van der Waals surface area (Å²) in [6.45, 7) is 5.39. The zero-order chi connectivity index (χ0) is 21.7. The molecule has 156 valence electrons. The average molecular weight is 447 g/mol. The number of nitrogens with one attached hydrogen (secondary N) is 1. The van der Waals surface area contributed by atoms with Gasteiger partial charge in [0.15, 0.2) is 0 Å². The largest absolute Gasteiger partial charge is 0.348 e. The molecule has 2 heterocycles. The summed E-state index contributed by atoms with van der Waals surface area (Å²) in [5.41, 5.74) is 2.67. The number of hydrogen-bond acceptors (Lipinski definition) is 5. The molecule has 4 rings (SSSR count). The van der Waals surface area contributed by atoms with E-state index in [1.807, 2.05) is 13.8 Å². The second kappa shape index (κ2) is 7.59. The summed E-state index contributed by atoms with van der Waals surface area (Å²) in [4.78, 5) is 30.4.